The highest BCUT2D eigenvalue weighted by atomic mass is 16.5. The molecule has 0 aliphatic heterocycles. The molecule has 0 amide bonds. The second-order valence-electron chi connectivity index (χ2n) is 4.63. The van der Waals surface area contributed by atoms with Gasteiger partial charge in [0.2, 0.25) is 0 Å². The monoisotopic (exact) mass is 226 g/mol. The highest BCUT2D eigenvalue weighted by Gasteiger charge is 2.00. The smallest absolute Gasteiger partial charge is 0.0749 e. The van der Waals surface area contributed by atoms with Crippen molar-refractivity contribution in [2.75, 3.05) is 7.11 Å². The number of hydrogen-bond acceptors (Lipinski definition) is 1. The van der Waals surface area contributed by atoms with E-state index in [9.17, 15) is 0 Å². The molecule has 0 heterocycles. The minimum atomic E-state index is 0.268. The molecule has 0 fully saturated rings. The van der Waals surface area contributed by atoms with Gasteiger partial charge in [-0.2, -0.15) is 0 Å². The van der Waals surface area contributed by atoms with Crippen LogP contribution in [0.15, 0.2) is 12.7 Å². The van der Waals surface area contributed by atoms with Crippen molar-refractivity contribution in [3.63, 3.8) is 0 Å². The lowest BCUT2D eigenvalue weighted by molar-refractivity contribution is 0.131. The van der Waals surface area contributed by atoms with Gasteiger partial charge in [-0.15, -0.1) is 6.58 Å². The third-order valence-electron chi connectivity index (χ3n) is 3.16. The van der Waals surface area contributed by atoms with Gasteiger partial charge in [0.25, 0.3) is 0 Å². The summed E-state index contributed by atoms with van der Waals surface area (Å²) in [6, 6.07) is 0. The van der Waals surface area contributed by atoms with Gasteiger partial charge in [-0.1, -0.05) is 70.8 Å². The molecule has 1 heteroatoms. The number of rotatable bonds is 12. The molecule has 0 saturated carbocycles. The summed E-state index contributed by atoms with van der Waals surface area (Å²) in [6.07, 6.45) is 15.8. The maximum Gasteiger partial charge on any atom is 0.0749 e. The Bertz CT molecular complexity index is 142. The zero-order valence-corrected chi connectivity index (χ0v) is 11.3. The lowest BCUT2D eigenvalue weighted by atomic mass is 10.1. The zero-order valence-electron chi connectivity index (χ0n) is 11.3. The molecule has 0 aromatic rings. The second kappa shape index (κ2) is 12.8. The van der Waals surface area contributed by atoms with Crippen LogP contribution in [0.25, 0.3) is 0 Å². The zero-order chi connectivity index (χ0) is 12.1. The molecule has 0 aromatic heterocycles. The van der Waals surface area contributed by atoms with E-state index in [-0.39, 0.29) is 6.10 Å². The van der Waals surface area contributed by atoms with Crippen molar-refractivity contribution in [2.24, 2.45) is 0 Å². The average Bonchev–Trinajstić information content (AvgIpc) is 2.32. The van der Waals surface area contributed by atoms with Crippen LogP contribution >= 0.6 is 0 Å². The van der Waals surface area contributed by atoms with Crippen molar-refractivity contribution in [1.82, 2.24) is 0 Å². The molecule has 0 spiro atoms. The Balaban J connectivity index is 3.06. The van der Waals surface area contributed by atoms with Crippen LogP contribution in [-0.2, 0) is 4.74 Å². The summed E-state index contributed by atoms with van der Waals surface area (Å²) in [5.41, 5.74) is 0. The molecule has 1 nitrogen and oxygen atoms in total. The van der Waals surface area contributed by atoms with Crippen molar-refractivity contribution in [3.8, 4) is 0 Å². The molecule has 0 saturated heterocycles. The third-order valence-corrected chi connectivity index (χ3v) is 3.16. The van der Waals surface area contributed by atoms with Crippen molar-refractivity contribution in [3.05, 3.63) is 12.7 Å². The van der Waals surface area contributed by atoms with Crippen LogP contribution in [0.5, 0.6) is 0 Å². The molecule has 96 valence electrons. The summed E-state index contributed by atoms with van der Waals surface area (Å²) in [7, 11) is 1.76. The molecule has 0 aromatic carbocycles. The first-order valence-electron chi connectivity index (χ1n) is 7.00. The van der Waals surface area contributed by atoms with Gasteiger partial charge in [0.15, 0.2) is 0 Å². The van der Waals surface area contributed by atoms with E-state index in [4.69, 9.17) is 4.74 Å². The van der Waals surface area contributed by atoms with Crippen LogP contribution in [0.4, 0.5) is 0 Å². The molecule has 0 radical (unpaired) electrons. The summed E-state index contributed by atoms with van der Waals surface area (Å²) >= 11 is 0. The Hall–Kier alpha value is -0.300. The average molecular weight is 226 g/mol. The quantitative estimate of drug-likeness (QED) is 0.332. The number of methoxy groups -OCH3 is 1. The molecule has 0 bridgehead atoms. The molecular formula is C15H30O. The van der Waals surface area contributed by atoms with Gasteiger partial charge in [0.05, 0.1) is 6.10 Å². The van der Waals surface area contributed by atoms with Crippen molar-refractivity contribution < 1.29 is 4.74 Å². The minimum Gasteiger partial charge on any atom is -0.377 e. The minimum absolute atomic E-state index is 0.268. The van der Waals surface area contributed by atoms with Gasteiger partial charge in [0.1, 0.15) is 0 Å². The van der Waals surface area contributed by atoms with Crippen LogP contribution < -0.4 is 0 Å². The highest BCUT2D eigenvalue weighted by molar-refractivity contribution is 4.78. The molecular weight excluding hydrogens is 196 g/mol. The molecule has 16 heavy (non-hydrogen) atoms. The summed E-state index contributed by atoms with van der Waals surface area (Å²) in [6.45, 7) is 6.03. The van der Waals surface area contributed by atoms with E-state index in [0.717, 1.165) is 6.42 Å². The Morgan fingerprint density at radius 1 is 0.938 bits per heavy atom. The third kappa shape index (κ3) is 10.2. The number of hydrogen-bond donors (Lipinski definition) is 0. The highest BCUT2D eigenvalue weighted by Crippen LogP contribution is 2.12. The largest absolute Gasteiger partial charge is 0.377 e. The first-order chi connectivity index (χ1) is 7.85. The molecule has 0 rings (SSSR count). The fraction of sp³-hybridized carbons (Fsp3) is 0.867. The van der Waals surface area contributed by atoms with E-state index < -0.39 is 0 Å². The van der Waals surface area contributed by atoms with Crippen LogP contribution in [-0.4, -0.2) is 13.2 Å². The van der Waals surface area contributed by atoms with Gasteiger partial charge in [-0.3, -0.25) is 0 Å². The number of ether oxygens (including phenoxy) is 1. The Morgan fingerprint density at radius 3 is 1.88 bits per heavy atom. The maximum atomic E-state index is 5.25. The Labute approximate surface area is 102 Å². The van der Waals surface area contributed by atoms with E-state index in [1.807, 2.05) is 6.08 Å². The first kappa shape index (κ1) is 15.7. The lowest BCUT2D eigenvalue weighted by Gasteiger charge is -2.09. The topological polar surface area (TPSA) is 9.23 Å². The normalized spacial score (nSPS) is 12.6. The maximum absolute atomic E-state index is 5.25. The van der Waals surface area contributed by atoms with Crippen molar-refractivity contribution in [1.29, 1.82) is 0 Å². The van der Waals surface area contributed by atoms with Gasteiger partial charge in [0, 0.05) is 7.11 Å². The van der Waals surface area contributed by atoms with E-state index in [2.05, 4.69) is 13.5 Å². The summed E-state index contributed by atoms with van der Waals surface area (Å²) in [5, 5.41) is 0. The fourth-order valence-corrected chi connectivity index (χ4v) is 1.99. The predicted molar refractivity (Wildman–Crippen MR) is 72.8 cm³/mol. The van der Waals surface area contributed by atoms with Gasteiger partial charge in [-0.25, -0.2) is 0 Å². The van der Waals surface area contributed by atoms with Crippen LogP contribution in [0.2, 0.25) is 0 Å². The van der Waals surface area contributed by atoms with E-state index in [1.165, 1.54) is 57.8 Å². The van der Waals surface area contributed by atoms with Crippen LogP contribution in [0.3, 0.4) is 0 Å². The van der Waals surface area contributed by atoms with Crippen LogP contribution in [0.1, 0.15) is 71.1 Å². The Kier molecular flexibility index (Phi) is 12.5. The van der Waals surface area contributed by atoms with Crippen molar-refractivity contribution >= 4 is 0 Å². The fourth-order valence-electron chi connectivity index (χ4n) is 1.99. The molecule has 1 unspecified atom stereocenters. The van der Waals surface area contributed by atoms with Gasteiger partial charge < -0.3 is 4.74 Å². The van der Waals surface area contributed by atoms with E-state index in [0.29, 0.717) is 0 Å². The number of unbranched alkanes of at least 4 members (excludes halogenated alkanes) is 8. The standard InChI is InChI=1S/C15H30O/c1-4-6-7-8-9-10-11-12-13-14-15(5-2)16-3/h5,15H,2,4,6-14H2,1,3H3. The predicted octanol–water partition coefficient (Wildman–Crippen LogP) is 5.11. The molecule has 0 aliphatic carbocycles. The lowest BCUT2D eigenvalue weighted by Crippen LogP contribution is -2.05. The molecule has 0 N–H and O–H groups in total. The van der Waals surface area contributed by atoms with Crippen LogP contribution in [0, 0.1) is 0 Å². The van der Waals surface area contributed by atoms with Crippen molar-refractivity contribution in [2.45, 2.75) is 77.2 Å². The first-order valence-corrected chi connectivity index (χ1v) is 7.00. The SMILES string of the molecule is C=CC(CCCCCCCCCCC)OC. The Morgan fingerprint density at radius 2 is 1.44 bits per heavy atom. The molecule has 0 aliphatic rings. The summed E-state index contributed by atoms with van der Waals surface area (Å²) < 4.78 is 5.25. The van der Waals surface area contributed by atoms with E-state index in [1.54, 1.807) is 7.11 Å². The summed E-state index contributed by atoms with van der Waals surface area (Å²) in [5.74, 6) is 0. The molecule has 1 atom stereocenters. The second-order valence-corrected chi connectivity index (χ2v) is 4.63. The van der Waals surface area contributed by atoms with Gasteiger partial charge >= 0.3 is 0 Å². The summed E-state index contributed by atoms with van der Waals surface area (Å²) in [4.78, 5) is 0. The van der Waals surface area contributed by atoms with E-state index >= 15 is 0 Å². The van der Waals surface area contributed by atoms with Gasteiger partial charge in [-0.05, 0) is 6.42 Å².